The second-order valence-corrected chi connectivity index (χ2v) is 11.2. The van der Waals surface area contributed by atoms with Gasteiger partial charge in [0.2, 0.25) is 0 Å². The predicted molar refractivity (Wildman–Crippen MR) is 168 cm³/mol. The summed E-state index contributed by atoms with van der Waals surface area (Å²) in [6, 6.07) is 10.2. The number of allylic oxidation sites excluding steroid dienone is 2. The standard InChI is InChI=1S/C36H36N4O2.Fe/c1-6-25-20(3)29-17-24-13-15-28(37-24)35(23-11-9-8-10-12-23)36-27(14-16-34(41)42)22(5)31(40-36)19-33-26(7-2)21(4)30(39-33)18-32(25)38-29;/h8-12,17-19H,6-7,13-16H2,1-5H3,(H,41,42);/q-4;+4/b24-17-,30-18-,33-19-,35-28-;. The molecular formula is C36H36FeN4O2. The topological polar surface area (TPSA) is 93.7 Å². The summed E-state index contributed by atoms with van der Waals surface area (Å²) in [5.41, 5.74) is 14.3. The van der Waals surface area contributed by atoms with E-state index in [1.165, 1.54) is 16.7 Å². The zero-order chi connectivity index (χ0) is 29.5. The van der Waals surface area contributed by atoms with Crippen LogP contribution in [0, 0.1) is 20.8 Å². The first-order chi connectivity index (χ1) is 20.3. The summed E-state index contributed by atoms with van der Waals surface area (Å²) < 4.78 is 0. The van der Waals surface area contributed by atoms with E-state index in [0.717, 1.165) is 98.4 Å². The fourth-order valence-corrected chi connectivity index (χ4v) is 6.44. The van der Waals surface area contributed by atoms with Crippen LogP contribution in [0.3, 0.4) is 0 Å². The average Bonchev–Trinajstić information content (AvgIpc) is 3.70. The van der Waals surface area contributed by atoms with Gasteiger partial charge in [0.05, 0.1) is 0 Å². The Kier molecular flexibility index (Phi) is 8.77. The van der Waals surface area contributed by atoms with E-state index < -0.39 is 5.97 Å². The van der Waals surface area contributed by atoms with Crippen molar-refractivity contribution < 1.29 is 27.0 Å². The summed E-state index contributed by atoms with van der Waals surface area (Å²) in [7, 11) is 0. The van der Waals surface area contributed by atoms with Crippen molar-refractivity contribution in [1.29, 1.82) is 0 Å². The molecule has 0 amide bonds. The monoisotopic (exact) mass is 612 g/mol. The van der Waals surface area contributed by atoms with Crippen molar-refractivity contribution in [2.24, 2.45) is 0 Å². The van der Waals surface area contributed by atoms with Gasteiger partial charge in [-0.15, -0.1) is 33.5 Å². The Morgan fingerprint density at radius 2 is 1.44 bits per heavy atom. The molecule has 0 atom stereocenters. The van der Waals surface area contributed by atoms with E-state index in [1.807, 2.05) is 18.2 Å². The molecule has 0 unspecified atom stereocenters. The number of benzene rings is 1. The molecule has 1 N–H and O–H groups in total. The Labute approximate surface area is 263 Å². The molecular weight excluding hydrogens is 576 g/mol. The number of aliphatic carboxylic acids is 1. The third-order valence-corrected chi connectivity index (χ3v) is 8.76. The number of carboxylic acid groups (broad SMARTS) is 1. The molecule has 6 rings (SSSR count). The Morgan fingerprint density at radius 1 is 0.767 bits per heavy atom. The van der Waals surface area contributed by atoms with E-state index in [0.29, 0.717) is 6.42 Å². The number of nitrogens with zero attached hydrogens (tertiary/aromatic N) is 4. The normalized spacial score (nSPS) is 18.5. The molecule has 0 saturated carbocycles. The minimum absolute atomic E-state index is 0. The van der Waals surface area contributed by atoms with Gasteiger partial charge in [-0.05, 0) is 58.4 Å². The number of carboxylic acids is 1. The molecule has 1 aromatic carbocycles. The predicted octanol–water partition coefficient (Wildman–Crippen LogP) is 5.56. The van der Waals surface area contributed by atoms with Gasteiger partial charge in [-0.3, -0.25) is 4.79 Å². The van der Waals surface area contributed by atoms with E-state index in [-0.39, 0.29) is 23.5 Å². The summed E-state index contributed by atoms with van der Waals surface area (Å²) in [4.78, 5) is 27.1. The summed E-state index contributed by atoms with van der Waals surface area (Å²) in [6.45, 7) is 10.7. The second kappa shape index (κ2) is 12.4. The molecule has 6 nitrogen and oxygen atoms in total. The van der Waals surface area contributed by atoms with Crippen LogP contribution >= 0.6 is 0 Å². The van der Waals surface area contributed by atoms with Crippen LogP contribution in [-0.2, 0) is 41.1 Å². The van der Waals surface area contributed by atoms with Gasteiger partial charge in [0.25, 0.3) is 0 Å². The Morgan fingerprint density at radius 3 is 2.14 bits per heavy atom. The van der Waals surface area contributed by atoms with Crippen LogP contribution < -0.4 is 25.7 Å². The van der Waals surface area contributed by atoms with E-state index in [2.05, 4.69) is 65.0 Å². The van der Waals surface area contributed by atoms with E-state index >= 15 is 0 Å². The first-order valence-electron chi connectivity index (χ1n) is 14.9. The number of hydrogen-bond acceptors (Lipinski definition) is 1. The van der Waals surface area contributed by atoms with Gasteiger partial charge >= 0.3 is 23.0 Å². The molecule has 220 valence electrons. The van der Waals surface area contributed by atoms with Crippen molar-refractivity contribution in [1.82, 2.24) is 15.0 Å². The first-order valence-corrected chi connectivity index (χ1v) is 14.9. The fraction of sp³-hybridized carbons (Fsp3) is 0.306. The summed E-state index contributed by atoms with van der Waals surface area (Å²) in [6.07, 6.45) is 10.1. The maximum atomic E-state index is 11.7. The molecule has 43 heavy (non-hydrogen) atoms. The minimum atomic E-state index is -0.819. The number of fused-ring (bicyclic) bond motifs is 8. The summed E-state index contributed by atoms with van der Waals surface area (Å²) in [5.74, 6) is -0.819. The van der Waals surface area contributed by atoms with Crippen molar-refractivity contribution in [3.8, 4) is 0 Å². The Balaban J connectivity index is 0.00000368. The number of aromatic nitrogens is 3. The maximum absolute atomic E-state index is 11.7. The molecule has 0 aliphatic carbocycles. The van der Waals surface area contributed by atoms with Crippen LogP contribution in [0.25, 0.3) is 29.1 Å². The molecule has 8 bridgehead atoms. The molecule has 1 fully saturated rings. The van der Waals surface area contributed by atoms with Crippen molar-refractivity contribution in [2.45, 2.75) is 73.1 Å². The van der Waals surface area contributed by atoms with Crippen LogP contribution in [0.2, 0.25) is 0 Å². The van der Waals surface area contributed by atoms with Crippen LogP contribution in [0.1, 0.15) is 94.8 Å². The van der Waals surface area contributed by atoms with Crippen LogP contribution in [0.15, 0.2) is 41.7 Å². The molecule has 1 saturated heterocycles. The SMILES string of the molecule is CCc1c2[n-]c(c1C)/C=C1/CC/C(=C(\c3ccccc3)c3[n-]c(c(C)c3CCC(=O)O)/C=c3\[n-]/c(c(C)c3CC)=C\2)[N-]1.[Fe+4]. The largest absolute Gasteiger partial charge is 4.00 e. The number of carbonyl (C=O) groups is 1. The van der Waals surface area contributed by atoms with Crippen molar-refractivity contribution in [3.05, 3.63) is 119 Å². The van der Waals surface area contributed by atoms with Gasteiger partial charge in [0, 0.05) is 6.42 Å². The van der Waals surface area contributed by atoms with Crippen LogP contribution in [-0.4, -0.2) is 11.1 Å². The zero-order valence-corrected chi connectivity index (χ0v) is 26.5. The molecule has 2 aliphatic rings. The fourth-order valence-electron chi connectivity index (χ4n) is 6.44. The first kappa shape index (κ1) is 30.5. The van der Waals surface area contributed by atoms with E-state index in [9.17, 15) is 9.90 Å². The van der Waals surface area contributed by atoms with Crippen molar-refractivity contribution in [3.63, 3.8) is 0 Å². The summed E-state index contributed by atoms with van der Waals surface area (Å²) in [5, 5.41) is 16.6. The third kappa shape index (κ3) is 5.60. The molecule has 3 aromatic heterocycles. The van der Waals surface area contributed by atoms with Gasteiger partial charge in [0.15, 0.2) is 0 Å². The molecule has 0 spiro atoms. The van der Waals surface area contributed by atoms with Gasteiger partial charge in [-0.2, -0.15) is 11.4 Å². The van der Waals surface area contributed by atoms with E-state index in [1.54, 1.807) is 0 Å². The minimum Gasteiger partial charge on any atom is -0.664 e. The zero-order valence-electron chi connectivity index (χ0n) is 25.4. The van der Waals surface area contributed by atoms with Gasteiger partial charge in [0.1, 0.15) is 0 Å². The van der Waals surface area contributed by atoms with Gasteiger partial charge < -0.3 is 25.4 Å². The van der Waals surface area contributed by atoms with Gasteiger partial charge in [-0.25, -0.2) is 0 Å². The van der Waals surface area contributed by atoms with Crippen molar-refractivity contribution in [2.75, 3.05) is 0 Å². The maximum Gasteiger partial charge on any atom is 4.00 e. The number of hydrogen-bond donors (Lipinski definition) is 1. The average molecular weight is 613 g/mol. The molecule has 2 aliphatic heterocycles. The molecule has 4 aromatic rings. The number of rotatable bonds is 6. The van der Waals surface area contributed by atoms with E-state index in [4.69, 9.17) is 20.3 Å². The summed E-state index contributed by atoms with van der Waals surface area (Å²) >= 11 is 0. The van der Waals surface area contributed by atoms with Crippen LogP contribution in [0.4, 0.5) is 0 Å². The smallest absolute Gasteiger partial charge is 0.664 e. The molecule has 5 heterocycles. The van der Waals surface area contributed by atoms with Crippen molar-refractivity contribution >= 4 is 29.8 Å². The Hall–Kier alpha value is -3.93. The second-order valence-electron chi connectivity index (χ2n) is 11.2. The van der Waals surface area contributed by atoms with Gasteiger partial charge in [-0.1, -0.05) is 101 Å². The molecule has 7 heteroatoms. The third-order valence-electron chi connectivity index (χ3n) is 8.76. The Bertz CT molecular complexity index is 1880. The quantitative estimate of drug-likeness (QED) is 0.288. The van der Waals surface area contributed by atoms with Crippen LogP contribution in [0.5, 0.6) is 0 Å². The molecule has 0 radical (unpaired) electrons.